The van der Waals surface area contributed by atoms with E-state index in [1.165, 1.54) is 19.3 Å². The molecule has 6 heteroatoms. The van der Waals surface area contributed by atoms with Gasteiger partial charge in [-0.1, -0.05) is 19.3 Å². The van der Waals surface area contributed by atoms with E-state index in [9.17, 15) is 9.59 Å². The number of esters is 1. The molecule has 138 valence electrons. The molecule has 0 aromatic heterocycles. The number of nitrogens with one attached hydrogen (secondary N) is 1. The van der Waals surface area contributed by atoms with Gasteiger partial charge in [0.1, 0.15) is 11.5 Å². The van der Waals surface area contributed by atoms with Crippen LogP contribution in [-0.4, -0.2) is 38.2 Å². The Morgan fingerprint density at radius 2 is 1.76 bits per heavy atom. The molecule has 25 heavy (non-hydrogen) atoms. The molecule has 2 rings (SSSR count). The summed E-state index contributed by atoms with van der Waals surface area (Å²) in [7, 11) is 1.58. The topological polar surface area (TPSA) is 73.9 Å². The third-order valence-electron chi connectivity index (χ3n) is 4.38. The highest BCUT2D eigenvalue weighted by Gasteiger charge is 2.20. The van der Waals surface area contributed by atoms with Gasteiger partial charge in [0, 0.05) is 6.54 Å². The fourth-order valence-electron chi connectivity index (χ4n) is 2.88. The number of rotatable bonds is 8. The second-order valence-electron chi connectivity index (χ2n) is 6.35. The minimum absolute atomic E-state index is 0.243. The molecule has 6 nitrogen and oxygen atoms in total. The summed E-state index contributed by atoms with van der Waals surface area (Å²) in [5, 5.41) is 2.87. The van der Waals surface area contributed by atoms with Crippen molar-refractivity contribution in [2.75, 3.05) is 20.3 Å². The van der Waals surface area contributed by atoms with Crippen LogP contribution in [0.2, 0.25) is 0 Å². The molecular weight excluding hydrogens is 322 g/mol. The maximum Gasteiger partial charge on any atom is 0.344 e. The van der Waals surface area contributed by atoms with Crippen molar-refractivity contribution >= 4 is 11.9 Å². The van der Waals surface area contributed by atoms with Gasteiger partial charge in [-0.25, -0.2) is 4.79 Å². The second-order valence-corrected chi connectivity index (χ2v) is 6.35. The molecule has 1 aliphatic rings. The standard InChI is InChI=1S/C19H27NO5/c1-14(19(22)20-12-15-6-4-3-5-7-15)25-18(21)13-24-17-10-8-16(23-2)9-11-17/h8-11,14-15H,3-7,12-13H2,1-2H3,(H,20,22)/t14-/m0/s1. The van der Waals surface area contributed by atoms with E-state index in [-0.39, 0.29) is 12.5 Å². The van der Waals surface area contributed by atoms with Crippen molar-refractivity contribution in [2.45, 2.75) is 45.1 Å². The Morgan fingerprint density at radius 3 is 2.40 bits per heavy atom. The fourth-order valence-corrected chi connectivity index (χ4v) is 2.88. The molecule has 1 aromatic rings. The smallest absolute Gasteiger partial charge is 0.344 e. The third-order valence-corrected chi connectivity index (χ3v) is 4.38. The van der Waals surface area contributed by atoms with Crippen molar-refractivity contribution in [3.63, 3.8) is 0 Å². The van der Waals surface area contributed by atoms with Crippen LogP contribution in [0.25, 0.3) is 0 Å². The van der Waals surface area contributed by atoms with E-state index >= 15 is 0 Å². The van der Waals surface area contributed by atoms with Gasteiger partial charge in [0.25, 0.3) is 5.91 Å². The highest BCUT2D eigenvalue weighted by Crippen LogP contribution is 2.22. The third kappa shape index (κ3) is 6.64. The lowest BCUT2D eigenvalue weighted by Crippen LogP contribution is -2.39. The van der Waals surface area contributed by atoms with E-state index in [2.05, 4.69) is 5.32 Å². The zero-order valence-electron chi connectivity index (χ0n) is 15.0. The Balaban J connectivity index is 1.66. The lowest BCUT2D eigenvalue weighted by molar-refractivity contribution is -0.156. The van der Waals surface area contributed by atoms with Gasteiger partial charge in [-0.2, -0.15) is 0 Å². The summed E-state index contributed by atoms with van der Waals surface area (Å²) >= 11 is 0. The van der Waals surface area contributed by atoms with E-state index in [4.69, 9.17) is 14.2 Å². The van der Waals surface area contributed by atoms with Gasteiger partial charge in [0.05, 0.1) is 7.11 Å². The minimum Gasteiger partial charge on any atom is -0.497 e. The number of carbonyl (C=O) groups excluding carboxylic acids is 2. The Labute approximate surface area is 148 Å². The monoisotopic (exact) mass is 349 g/mol. The first kappa shape index (κ1) is 19.1. The molecule has 0 heterocycles. The fraction of sp³-hybridized carbons (Fsp3) is 0.579. The van der Waals surface area contributed by atoms with Crippen molar-refractivity contribution in [1.29, 1.82) is 0 Å². The van der Waals surface area contributed by atoms with Crippen molar-refractivity contribution in [3.8, 4) is 11.5 Å². The molecule has 0 aliphatic heterocycles. The first-order valence-electron chi connectivity index (χ1n) is 8.82. The molecular formula is C19H27NO5. The number of hydrogen-bond acceptors (Lipinski definition) is 5. The summed E-state index contributed by atoms with van der Waals surface area (Å²) in [6.45, 7) is 1.98. The maximum absolute atomic E-state index is 12.0. The Morgan fingerprint density at radius 1 is 1.12 bits per heavy atom. The summed E-state index contributed by atoms with van der Waals surface area (Å²) in [5.74, 6) is 0.948. The second kappa shape index (κ2) is 9.91. The van der Waals surface area contributed by atoms with Crippen LogP contribution in [0, 0.1) is 5.92 Å². The number of ether oxygens (including phenoxy) is 3. The number of benzene rings is 1. The molecule has 0 spiro atoms. The molecule has 1 aliphatic carbocycles. The Bertz CT molecular complexity index is 551. The zero-order chi connectivity index (χ0) is 18.1. The largest absolute Gasteiger partial charge is 0.497 e. The van der Waals surface area contributed by atoms with Crippen LogP contribution in [0.5, 0.6) is 11.5 Å². The van der Waals surface area contributed by atoms with E-state index in [1.54, 1.807) is 38.3 Å². The Kier molecular flexibility index (Phi) is 7.57. The summed E-state index contributed by atoms with van der Waals surface area (Å²) in [6.07, 6.45) is 5.23. The van der Waals surface area contributed by atoms with Crippen molar-refractivity contribution < 1.29 is 23.8 Å². The van der Waals surface area contributed by atoms with Crippen LogP contribution in [0.15, 0.2) is 24.3 Å². The van der Waals surface area contributed by atoms with Crippen LogP contribution in [0.1, 0.15) is 39.0 Å². The highest BCUT2D eigenvalue weighted by atomic mass is 16.6. The maximum atomic E-state index is 12.0. The van der Waals surface area contributed by atoms with Crippen LogP contribution < -0.4 is 14.8 Å². The van der Waals surface area contributed by atoms with Gasteiger partial charge in [0.15, 0.2) is 12.7 Å². The molecule has 1 saturated carbocycles. The summed E-state index contributed by atoms with van der Waals surface area (Å²) in [6, 6.07) is 6.88. The first-order chi connectivity index (χ1) is 12.1. The van der Waals surface area contributed by atoms with E-state index < -0.39 is 12.1 Å². The molecule has 0 unspecified atom stereocenters. The summed E-state index contributed by atoms with van der Waals surface area (Å²) < 4.78 is 15.5. The molecule has 0 radical (unpaired) electrons. The quantitative estimate of drug-likeness (QED) is 0.731. The normalized spacial score (nSPS) is 15.9. The van der Waals surface area contributed by atoms with Gasteiger partial charge in [-0.3, -0.25) is 4.79 Å². The van der Waals surface area contributed by atoms with Crippen LogP contribution in [0.4, 0.5) is 0 Å². The number of carbonyl (C=O) groups is 2. The van der Waals surface area contributed by atoms with E-state index in [0.29, 0.717) is 24.0 Å². The average molecular weight is 349 g/mol. The van der Waals surface area contributed by atoms with Crippen molar-refractivity contribution in [1.82, 2.24) is 5.32 Å². The van der Waals surface area contributed by atoms with Crippen LogP contribution in [0.3, 0.4) is 0 Å². The lowest BCUT2D eigenvalue weighted by Gasteiger charge is -2.22. The molecule has 1 atom stereocenters. The van der Waals surface area contributed by atoms with Crippen molar-refractivity contribution in [3.05, 3.63) is 24.3 Å². The summed E-state index contributed by atoms with van der Waals surface area (Å²) in [4.78, 5) is 23.8. The van der Waals surface area contributed by atoms with Gasteiger partial charge in [0.2, 0.25) is 0 Å². The lowest BCUT2D eigenvalue weighted by atomic mass is 9.89. The molecule has 1 aromatic carbocycles. The Hall–Kier alpha value is -2.24. The van der Waals surface area contributed by atoms with Gasteiger partial charge >= 0.3 is 5.97 Å². The number of methoxy groups -OCH3 is 1. The zero-order valence-corrected chi connectivity index (χ0v) is 15.0. The van der Waals surface area contributed by atoms with Gasteiger partial charge in [-0.15, -0.1) is 0 Å². The first-order valence-corrected chi connectivity index (χ1v) is 8.82. The molecule has 1 amide bonds. The van der Waals surface area contributed by atoms with Crippen LogP contribution >= 0.6 is 0 Å². The molecule has 0 saturated heterocycles. The predicted octanol–water partition coefficient (Wildman–Crippen LogP) is 2.70. The molecule has 1 fully saturated rings. The SMILES string of the molecule is COc1ccc(OCC(=O)O[C@@H](C)C(=O)NCC2CCCCC2)cc1. The van der Waals surface area contributed by atoms with Gasteiger partial charge in [-0.05, 0) is 49.9 Å². The number of hydrogen-bond donors (Lipinski definition) is 1. The van der Waals surface area contributed by atoms with E-state index in [0.717, 1.165) is 12.8 Å². The average Bonchev–Trinajstić information content (AvgIpc) is 2.65. The highest BCUT2D eigenvalue weighted by molar-refractivity contribution is 5.83. The van der Waals surface area contributed by atoms with Crippen molar-refractivity contribution in [2.24, 2.45) is 5.92 Å². The molecule has 0 bridgehead atoms. The van der Waals surface area contributed by atoms with E-state index in [1.807, 2.05) is 0 Å². The number of amides is 1. The minimum atomic E-state index is -0.824. The predicted molar refractivity (Wildman–Crippen MR) is 93.6 cm³/mol. The van der Waals surface area contributed by atoms with Crippen LogP contribution in [-0.2, 0) is 14.3 Å². The summed E-state index contributed by atoms with van der Waals surface area (Å²) in [5.41, 5.74) is 0. The molecule has 1 N–H and O–H groups in total. The van der Waals surface area contributed by atoms with Gasteiger partial charge < -0.3 is 19.5 Å².